The Kier molecular flexibility index (Phi) is 7.18. The molecule has 0 saturated carbocycles. The number of benzene rings is 4. The average molecular weight is 486 g/mol. The third-order valence-electron chi connectivity index (χ3n) is 5.17. The van der Waals surface area contributed by atoms with Gasteiger partial charge >= 0.3 is 17.8 Å². The summed E-state index contributed by atoms with van der Waals surface area (Å²) in [6, 6.07) is 24.3. The van der Waals surface area contributed by atoms with Crippen LogP contribution >= 0.6 is 11.6 Å². The van der Waals surface area contributed by atoms with E-state index in [0.29, 0.717) is 21.8 Å². The Morgan fingerprint density at radius 2 is 1.57 bits per heavy atom. The van der Waals surface area contributed by atoms with E-state index in [-0.39, 0.29) is 5.75 Å². The number of para-hydroxylation sites is 1. The molecule has 0 radical (unpaired) electrons. The fraction of sp³-hybridized carbons (Fsp3) is 0.0370. The number of nitrogens with one attached hydrogen (secondary N) is 2. The summed E-state index contributed by atoms with van der Waals surface area (Å²) in [5.41, 5.74) is 4.35. The molecule has 35 heavy (non-hydrogen) atoms. The highest BCUT2D eigenvalue weighted by atomic mass is 35.5. The number of amides is 2. The first-order valence-corrected chi connectivity index (χ1v) is 11.0. The number of fused-ring (bicyclic) bond motifs is 1. The van der Waals surface area contributed by atoms with Gasteiger partial charge in [-0.2, -0.15) is 5.10 Å². The summed E-state index contributed by atoms with van der Waals surface area (Å²) < 4.78 is 5.61. The molecule has 0 aromatic heterocycles. The predicted octanol–water partition coefficient (Wildman–Crippen LogP) is 5.11. The van der Waals surface area contributed by atoms with Crippen LogP contribution in [0, 0.1) is 6.92 Å². The first-order chi connectivity index (χ1) is 16.9. The minimum atomic E-state index is -0.940. The molecule has 7 nitrogen and oxygen atoms in total. The summed E-state index contributed by atoms with van der Waals surface area (Å²) in [4.78, 5) is 37.1. The van der Waals surface area contributed by atoms with E-state index >= 15 is 0 Å². The molecule has 0 aliphatic rings. The van der Waals surface area contributed by atoms with Gasteiger partial charge in [0.25, 0.3) is 0 Å². The molecule has 0 saturated heterocycles. The number of nitrogens with zero attached hydrogens (tertiary/aromatic N) is 1. The number of anilines is 1. The molecule has 0 aliphatic carbocycles. The van der Waals surface area contributed by atoms with Crippen molar-refractivity contribution in [2.24, 2.45) is 5.10 Å². The maximum absolute atomic E-state index is 12.7. The molecule has 0 atom stereocenters. The van der Waals surface area contributed by atoms with Crippen LogP contribution in [-0.2, 0) is 9.59 Å². The van der Waals surface area contributed by atoms with Crippen molar-refractivity contribution in [3.63, 3.8) is 0 Å². The molecule has 0 aliphatic heterocycles. The van der Waals surface area contributed by atoms with Crippen molar-refractivity contribution < 1.29 is 19.1 Å². The number of hydrogen-bond acceptors (Lipinski definition) is 5. The van der Waals surface area contributed by atoms with Gasteiger partial charge in [0.2, 0.25) is 0 Å². The summed E-state index contributed by atoms with van der Waals surface area (Å²) in [7, 11) is 0. The molecule has 0 bridgehead atoms. The maximum atomic E-state index is 12.7. The molecule has 0 fully saturated rings. The van der Waals surface area contributed by atoms with E-state index < -0.39 is 17.8 Å². The third kappa shape index (κ3) is 5.72. The van der Waals surface area contributed by atoms with Crippen LogP contribution < -0.4 is 15.5 Å². The topological polar surface area (TPSA) is 96.9 Å². The van der Waals surface area contributed by atoms with E-state index in [0.717, 1.165) is 16.3 Å². The highest BCUT2D eigenvalue weighted by Gasteiger charge is 2.16. The van der Waals surface area contributed by atoms with Crippen molar-refractivity contribution in [2.75, 3.05) is 5.32 Å². The van der Waals surface area contributed by atoms with Gasteiger partial charge in [-0.1, -0.05) is 60.1 Å². The zero-order valence-corrected chi connectivity index (χ0v) is 19.4. The van der Waals surface area contributed by atoms with Gasteiger partial charge in [-0.15, -0.1) is 0 Å². The zero-order valence-electron chi connectivity index (χ0n) is 18.6. The van der Waals surface area contributed by atoms with Crippen LogP contribution in [0.25, 0.3) is 10.8 Å². The summed E-state index contributed by atoms with van der Waals surface area (Å²) in [5.74, 6) is -2.13. The van der Waals surface area contributed by atoms with Gasteiger partial charge in [0.15, 0.2) is 0 Å². The second kappa shape index (κ2) is 10.6. The van der Waals surface area contributed by atoms with Crippen molar-refractivity contribution >= 4 is 52.1 Å². The Labute approximate surface area is 206 Å². The first-order valence-electron chi connectivity index (χ1n) is 10.6. The van der Waals surface area contributed by atoms with Crippen LogP contribution in [0.15, 0.2) is 90.0 Å². The number of carbonyl (C=O) groups excluding carboxylic acids is 3. The molecule has 4 aromatic rings. The van der Waals surface area contributed by atoms with Crippen molar-refractivity contribution in [1.82, 2.24) is 5.43 Å². The van der Waals surface area contributed by atoms with Crippen molar-refractivity contribution in [1.29, 1.82) is 0 Å². The van der Waals surface area contributed by atoms with Gasteiger partial charge in [0.1, 0.15) is 5.75 Å². The van der Waals surface area contributed by atoms with Crippen LogP contribution in [0.2, 0.25) is 5.02 Å². The molecule has 4 rings (SSSR count). The van der Waals surface area contributed by atoms with Crippen LogP contribution in [0.3, 0.4) is 0 Å². The molecule has 0 unspecified atom stereocenters. The van der Waals surface area contributed by atoms with Crippen molar-refractivity contribution in [3.05, 3.63) is 107 Å². The molecular formula is C27H20ClN3O4. The largest absolute Gasteiger partial charge is 0.422 e. The van der Waals surface area contributed by atoms with E-state index in [4.69, 9.17) is 16.3 Å². The lowest BCUT2D eigenvalue weighted by atomic mass is 10.0. The van der Waals surface area contributed by atoms with Gasteiger partial charge in [0.05, 0.1) is 11.8 Å². The minimum absolute atomic E-state index is 0.242. The number of halogens is 1. The van der Waals surface area contributed by atoms with Gasteiger partial charge in [-0.25, -0.2) is 10.2 Å². The second-order valence-electron chi connectivity index (χ2n) is 7.56. The third-order valence-corrected chi connectivity index (χ3v) is 5.42. The van der Waals surface area contributed by atoms with Crippen LogP contribution in [0.1, 0.15) is 21.5 Å². The van der Waals surface area contributed by atoms with E-state index in [1.165, 1.54) is 6.21 Å². The average Bonchev–Trinajstić information content (AvgIpc) is 2.86. The molecule has 2 amide bonds. The fourth-order valence-electron chi connectivity index (χ4n) is 3.34. The summed E-state index contributed by atoms with van der Waals surface area (Å²) >= 11 is 5.89. The molecule has 8 heteroatoms. The number of hydrazone groups is 1. The van der Waals surface area contributed by atoms with Gasteiger partial charge in [-0.3, -0.25) is 9.59 Å². The Bertz CT molecular complexity index is 1450. The highest BCUT2D eigenvalue weighted by Crippen LogP contribution is 2.27. The maximum Gasteiger partial charge on any atom is 0.343 e. The number of carbonyl (C=O) groups is 3. The minimum Gasteiger partial charge on any atom is -0.422 e. The van der Waals surface area contributed by atoms with Crippen LogP contribution in [0.4, 0.5) is 5.69 Å². The molecular weight excluding hydrogens is 466 g/mol. The standard InChI is InChI=1S/C27H20ClN3O4/c1-17-6-2-5-9-23(17)30-25(32)26(33)31-29-16-22-21-8-4-3-7-18(21)12-15-24(22)35-27(34)19-10-13-20(28)14-11-19/h2-16H,1H3,(H,30,32)(H,31,33)/b29-16-. The lowest BCUT2D eigenvalue weighted by Gasteiger charge is -2.11. The Hall–Kier alpha value is -4.49. The van der Waals surface area contributed by atoms with E-state index in [1.807, 2.05) is 49.4 Å². The molecule has 174 valence electrons. The Morgan fingerprint density at radius 3 is 2.34 bits per heavy atom. The van der Waals surface area contributed by atoms with Crippen molar-refractivity contribution in [2.45, 2.75) is 6.92 Å². The van der Waals surface area contributed by atoms with Crippen LogP contribution in [-0.4, -0.2) is 24.0 Å². The van der Waals surface area contributed by atoms with Gasteiger partial charge in [0, 0.05) is 16.3 Å². The Balaban J connectivity index is 1.54. The first kappa shape index (κ1) is 23.7. The van der Waals surface area contributed by atoms with E-state index in [2.05, 4.69) is 15.8 Å². The van der Waals surface area contributed by atoms with Gasteiger partial charge in [-0.05, 0) is 59.7 Å². The lowest BCUT2D eigenvalue weighted by Crippen LogP contribution is -2.32. The highest BCUT2D eigenvalue weighted by molar-refractivity contribution is 6.39. The SMILES string of the molecule is Cc1ccccc1NC(=O)C(=O)N/N=C\c1c(OC(=O)c2ccc(Cl)cc2)ccc2ccccc12. The smallest absolute Gasteiger partial charge is 0.343 e. The number of rotatable bonds is 5. The Morgan fingerprint density at radius 1 is 0.857 bits per heavy atom. The number of esters is 1. The summed E-state index contributed by atoms with van der Waals surface area (Å²) in [6.45, 7) is 1.82. The summed E-state index contributed by atoms with van der Waals surface area (Å²) in [6.07, 6.45) is 1.34. The molecule has 0 heterocycles. The van der Waals surface area contributed by atoms with E-state index in [9.17, 15) is 14.4 Å². The normalized spacial score (nSPS) is 10.8. The zero-order chi connectivity index (χ0) is 24.8. The fourth-order valence-corrected chi connectivity index (χ4v) is 3.47. The molecule has 2 N–H and O–H groups in total. The number of hydrogen-bond donors (Lipinski definition) is 2. The monoisotopic (exact) mass is 485 g/mol. The summed E-state index contributed by atoms with van der Waals surface area (Å²) in [5, 5.41) is 8.61. The number of aryl methyl sites for hydroxylation is 1. The van der Waals surface area contributed by atoms with E-state index in [1.54, 1.807) is 42.5 Å². The van der Waals surface area contributed by atoms with Crippen LogP contribution in [0.5, 0.6) is 5.75 Å². The lowest BCUT2D eigenvalue weighted by molar-refractivity contribution is -0.136. The quantitative estimate of drug-likeness (QED) is 0.135. The predicted molar refractivity (Wildman–Crippen MR) is 136 cm³/mol. The second-order valence-corrected chi connectivity index (χ2v) is 8.00. The molecule has 4 aromatic carbocycles. The number of ether oxygens (including phenoxy) is 1. The van der Waals surface area contributed by atoms with Crippen molar-refractivity contribution in [3.8, 4) is 5.75 Å². The molecule has 0 spiro atoms. The van der Waals surface area contributed by atoms with Gasteiger partial charge < -0.3 is 10.1 Å².